The summed E-state index contributed by atoms with van der Waals surface area (Å²) in [7, 11) is 0. The smallest absolute Gasteiger partial charge is 0.261 e. The minimum Gasteiger partial charge on any atom is -0.351 e. The lowest BCUT2D eigenvalue weighted by atomic mass is 9.90. The third kappa shape index (κ3) is 3.40. The highest BCUT2D eigenvalue weighted by atomic mass is 32.1. The highest BCUT2D eigenvalue weighted by Gasteiger charge is 2.20. The van der Waals surface area contributed by atoms with Gasteiger partial charge in [0.05, 0.1) is 11.1 Å². The Morgan fingerprint density at radius 1 is 1.55 bits per heavy atom. The molecule has 1 aliphatic carbocycles. The van der Waals surface area contributed by atoms with E-state index in [0.717, 1.165) is 42.2 Å². The van der Waals surface area contributed by atoms with E-state index in [1.54, 1.807) is 11.3 Å². The van der Waals surface area contributed by atoms with E-state index in [9.17, 15) is 4.79 Å². The number of amides is 1. The Morgan fingerprint density at radius 3 is 3.18 bits per heavy atom. The summed E-state index contributed by atoms with van der Waals surface area (Å²) in [5.41, 5.74) is 3.74. The van der Waals surface area contributed by atoms with Crippen molar-refractivity contribution in [2.24, 2.45) is 5.92 Å². The molecule has 2 heterocycles. The van der Waals surface area contributed by atoms with Crippen molar-refractivity contribution >= 4 is 17.2 Å². The fourth-order valence-corrected chi connectivity index (χ4v) is 4.14. The Kier molecular flexibility index (Phi) is 4.62. The normalized spacial score (nSPS) is 17.3. The number of thiophene rings is 1. The zero-order valence-corrected chi connectivity index (χ0v) is 14.1. The van der Waals surface area contributed by atoms with Crippen molar-refractivity contribution in [2.45, 2.75) is 46.0 Å². The number of aryl methyl sites for hydroxylation is 3. The summed E-state index contributed by atoms with van der Waals surface area (Å²) in [6, 6.07) is 2.10. The fraction of sp³-hybridized carbons (Fsp3) is 0.529. The number of nitrogens with one attached hydrogen (secondary N) is 2. The Morgan fingerprint density at radius 2 is 2.41 bits per heavy atom. The number of aromatic amines is 1. The van der Waals surface area contributed by atoms with E-state index in [4.69, 9.17) is 0 Å². The number of fused-ring (bicyclic) bond motifs is 1. The van der Waals surface area contributed by atoms with Gasteiger partial charge < -0.3 is 5.32 Å². The zero-order chi connectivity index (χ0) is 15.5. The van der Waals surface area contributed by atoms with Crippen LogP contribution in [0.25, 0.3) is 0 Å². The Labute approximate surface area is 135 Å². The Hall–Kier alpha value is -1.62. The summed E-state index contributed by atoms with van der Waals surface area (Å²) in [6.45, 7) is 5.03. The second-order valence-corrected chi connectivity index (χ2v) is 7.42. The molecule has 0 saturated carbocycles. The number of nitrogens with zero attached hydrogens (tertiary/aromatic N) is 1. The second kappa shape index (κ2) is 6.65. The predicted molar refractivity (Wildman–Crippen MR) is 89.5 cm³/mol. The molecule has 0 aliphatic heterocycles. The van der Waals surface area contributed by atoms with Crippen LogP contribution >= 0.6 is 11.3 Å². The molecule has 2 N–H and O–H groups in total. The summed E-state index contributed by atoms with van der Waals surface area (Å²) >= 11 is 1.68. The van der Waals surface area contributed by atoms with Crippen LogP contribution in [0, 0.1) is 12.8 Å². The lowest BCUT2D eigenvalue weighted by Crippen LogP contribution is -2.23. The molecule has 2 aromatic rings. The summed E-state index contributed by atoms with van der Waals surface area (Å²) in [5, 5.41) is 10.00. The molecule has 2 aromatic heterocycles. The summed E-state index contributed by atoms with van der Waals surface area (Å²) in [4.78, 5) is 14.5. The van der Waals surface area contributed by atoms with Crippen molar-refractivity contribution in [3.63, 3.8) is 0 Å². The molecule has 0 fully saturated rings. The number of carbonyl (C=O) groups excluding carboxylic acids is 1. The third-order valence-electron chi connectivity index (χ3n) is 4.40. The SMILES string of the molecule is Cc1[nH]ncc1CCCNC(=O)c1cc2c(s1)CCC(C)C2. The van der Waals surface area contributed by atoms with Crippen LogP contribution in [0.4, 0.5) is 0 Å². The van der Waals surface area contributed by atoms with Crippen molar-refractivity contribution < 1.29 is 4.79 Å². The molecule has 0 aromatic carbocycles. The van der Waals surface area contributed by atoms with Crippen molar-refractivity contribution in [1.29, 1.82) is 0 Å². The van der Waals surface area contributed by atoms with Gasteiger partial charge in [-0.1, -0.05) is 6.92 Å². The maximum absolute atomic E-state index is 12.3. The Bertz CT molecular complexity index is 659. The highest BCUT2D eigenvalue weighted by Crippen LogP contribution is 2.32. The van der Waals surface area contributed by atoms with Crippen molar-refractivity contribution in [1.82, 2.24) is 15.5 Å². The van der Waals surface area contributed by atoms with Gasteiger partial charge in [-0.3, -0.25) is 9.89 Å². The van der Waals surface area contributed by atoms with E-state index in [1.807, 2.05) is 13.1 Å². The lowest BCUT2D eigenvalue weighted by molar-refractivity contribution is 0.0957. The number of rotatable bonds is 5. The maximum atomic E-state index is 12.3. The van der Waals surface area contributed by atoms with Gasteiger partial charge in [0.25, 0.3) is 5.91 Å². The van der Waals surface area contributed by atoms with Crippen LogP contribution < -0.4 is 5.32 Å². The molecule has 0 radical (unpaired) electrons. The molecule has 1 unspecified atom stereocenters. The third-order valence-corrected chi connectivity index (χ3v) is 5.63. The number of hydrogen-bond donors (Lipinski definition) is 2. The van der Waals surface area contributed by atoms with E-state index in [1.165, 1.54) is 22.4 Å². The van der Waals surface area contributed by atoms with Gasteiger partial charge in [0, 0.05) is 17.1 Å². The molecule has 0 saturated heterocycles. The second-order valence-electron chi connectivity index (χ2n) is 6.29. The maximum Gasteiger partial charge on any atom is 0.261 e. The fourth-order valence-electron chi connectivity index (χ4n) is 3.01. The molecule has 4 nitrogen and oxygen atoms in total. The van der Waals surface area contributed by atoms with Gasteiger partial charge in [0.15, 0.2) is 0 Å². The summed E-state index contributed by atoms with van der Waals surface area (Å²) in [6.07, 6.45) is 7.26. The topological polar surface area (TPSA) is 57.8 Å². The molecule has 1 atom stereocenters. The summed E-state index contributed by atoms with van der Waals surface area (Å²) in [5.74, 6) is 0.826. The monoisotopic (exact) mass is 317 g/mol. The zero-order valence-electron chi connectivity index (χ0n) is 13.2. The molecule has 3 rings (SSSR count). The van der Waals surface area contributed by atoms with Gasteiger partial charge in [-0.2, -0.15) is 5.10 Å². The molecule has 0 spiro atoms. The average molecular weight is 317 g/mol. The number of H-pyrrole nitrogens is 1. The van der Waals surface area contributed by atoms with Gasteiger partial charge in [-0.05, 0) is 62.1 Å². The molecule has 5 heteroatoms. The van der Waals surface area contributed by atoms with Crippen LogP contribution in [0.5, 0.6) is 0 Å². The molecule has 1 aliphatic rings. The van der Waals surface area contributed by atoms with Crippen LogP contribution in [-0.4, -0.2) is 22.6 Å². The van der Waals surface area contributed by atoms with Crippen molar-refractivity contribution in [3.05, 3.63) is 38.8 Å². The van der Waals surface area contributed by atoms with Gasteiger partial charge in [-0.25, -0.2) is 0 Å². The first kappa shape index (κ1) is 15.3. The molecule has 1 amide bonds. The van der Waals surface area contributed by atoms with E-state index in [2.05, 4.69) is 28.5 Å². The minimum absolute atomic E-state index is 0.0796. The number of aromatic nitrogens is 2. The van der Waals surface area contributed by atoms with E-state index in [0.29, 0.717) is 6.54 Å². The van der Waals surface area contributed by atoms with Crippen molar-refractivity contribution in [2.75, 3.05) is 6.54 Å². The number of hydrogen-bond acceptors (Lipinski definition) is 3. The molecule has 22 heavy (non-hydrogen) atoms. The van der Waals surface area contributed by atoms with E-state index >= 15 is 0 Å². The van der Waals surface area contributed by atoms with E-state index < -0.39 is 0 Å². The highest BCUT2D eigenvalue weighted by molar-refractivity contribution is 7.14. The summed E-state index contributed by atoms with van der Waals surface area (Å²) < 4.78 is 0. The molecule has 118 valence electrons. The van der Waals surface area contributed by atoms with Gasteiger partial charge in [-0.15, -0.1) is 11.3 Å². The Balaban J connectivity index is 1.49. The largest absolute Gasteiger partial charge is 0.351 e. The van der Waals surface area contributed by atoms with Crippen LogP contribution in [0.15, 0.2) is 12.3 Å². The van der Waals surface area contributed by atoms with Gasteiger partial charge in [0.1, 0.15) is 0 Å². The van der Waals surface area contributed by atoms with Crippen LogP contribution in [0.3, 0.4) is 0 Å². The van der Waals surface area contributed by atoms with Crippen LogP contribution in [0.2, 0.25) is 0 Å². The minimum atomic E-state index is 0.0796. The first-order valence-electron chi connectivity index (χ1n) is 8.02. The van der Waals surface area contributed by atoms with Gasteiger partial charge in [0.2, 0.25) is 0 Å². The standard InChI is InChI=1S/C17H23N3OS/c1-11-5-6-15-14(8-11)9-16(22-15)17(21)18-7-3-4-13-10-19-20-12(13)2/h9-11H,3-8H2,1-2H3,(H,18,21)(H,19,20). The quantitative estimate of drug-likeness (QED) is 0.832. The van der Waals surface area contributed by atoms with Crippen molar-refractivity contribution in [3.8, 4) is 0 Å². The average Bonchev–Trinajstić information content (AvgIpc) is 3.09. The van der Waals surface area contributed by atoms with E-state index in [-0.39, 0.29) is 5.91 Å². The first-order chi connectivity index (χ1) is 10.6. The molecular weight excluding hydrogens is 294 g/mol. The predicted octanol–water partition coefficient (Wildman–Crippen LogP) is 3.27. The molecular formula is C17H23N3OS. The van der Waals surface area contributed by atoms with Crippen LogP contribution in [-0.2, 0) is 19.3 Å². The molecule has 0 bridgehead atoms. The van der Waals surface area contributed by atoms with Gasteiger partial charge >= 0.3 is 0 Å². The first-order valence-corrected chi connectivity index (χ1v) is 8.83. The van der Waals surface area contributed by atoms with Crippen LogP contribution in [0.1, 0.15) is 51.1 Å². The lowest BCUT2D eigenvalue weighted by Gasteiger charge is -2.16. The number of carbonyl (C=O) groups is 1.